The molecule has 0 bridgehead atoms. The van der Waals surface area contributed by atoms with Crippen molar-refractivity contribution in [1.82, 2.24) is 4.57 Å². The second kappa shape index (κ2) is 23.8. The molecule has 0 aliphatic carbocycles. The number of thiophene rings is 1. The lowest BCUT2D eigenvalue weighted by Crippen LogP contribution is -2.12. The zero-order valence-electron chi connectivity index (χ0n) is 54.4. The van der Waals surface area contributed by atoms with E-state index in [1.54, 1.807) is 0 Å². The molecular weight excluding hydrogens is 1240 g/mol. The summed E-state index contributed by atoms with van der Waals surface area (Å²) >= 11 is 1.84. The normalized spacial score (nSPS) is 15.5. The van der Waals surface area contributed by atoms with Crippen LogP contribution in [0.4, 0.5) is 34.1 Å². The Morgan fingerprint density at radius 2 is 0.770 bits per heavy atom. The maximum absolute atomic E-state index is 7.57. The molecule has 1 saturated heterocycles. The zero-order valence-corrected chi connectivity index (χ0v) is 55.2. The summed E-state index contributed by atoms with van der Waals surface area (Å²) in [7, 11) is 0. The molecule has 8 heteroatoms. The van der Waals surface area contributed by atoms with Crippen LogP contribution < -0.4 is 9.80 Å². The van der Waals surface area contributed by atoms with Gasteiger partial charge < -0.3 is 32.7 Å². The zero-order chi connectivity index (χ0) is 65.8. The van der Waals surface area contributed by atoms with Gasteiger partial charge in [-0.05, 0) is 143 Å². The molecule has 2 aliphatic rings. The summed E-state index contributed by atoms with van der Waals surface area (Å²) < 4.78 is 34.0. The lowest BCUT2D eigenvalue weighted by Gasteiger charge is -2.27. The first-order valence-corrected chi connectivity index (χ1v) is 35.3. The Balaban J connectivity index is 0.904. The molecule has 3 atom stereocenters. The number of para-hydroxylation sites is 2. The topological polar surface area (TPSA) is 56.2 Å². The first-order valence-electron chi connectivity index (χ1n) is 34.5. The van der Waals surface area contributed by atoms with Crippen molar-refractivity contribution in [2.24, 2.45) is 0 Å². The van der Waals surface area contributed by atoms with Crippen molar-refractivity contribution in [3.63, 3.8) is 0 Å². The van der Waals surface area contributed by atoms with Gasteiger partial charge in [0.1, 0.15) is 23.0 Å². The van der Waals surface area contributed by atoms with E-state index in [9.17, 15) is 0 Å². The average molecular weight is 1310 g/mol. The molecule has 4 aromatic heterocycles. The van der Waals surface area contributed by atoms with Gasteiger partial charge in [-0.15, -0.1) is 11.3 Å². The molecule has 18 aromatic rings. The molecule has 0 radical (unpaired) electrons. The highest BCUT2D eigenvalue weighted by molar-refractivity contribution is 7.26. The minimum atomic E-state index is -0.106. The second-order valence-electron chi connectivity index (χ2n) is 26.3. The smallest absolute Gasteiger partial charge is 0.160 e. The van der Waals surface area contributed by atoms with Gasteiger partial charge in [0, 0.05) is 82.5 Å². The van der Waals surface area contributed by atoms with Crippen molar-refractivity contribution in [2.45, 2.75) is 37.6 Å². The summed E-state index contributed by atoms with van der Waals surface area (Å²) in [4.78, 5) is 4.84. The predicted molar refractivity (Wildman–Crippen MR) is 414 cm³/mol. The number of anilines is 6. The first kappa shape index (κ1) is 58.0. The Morgan fingerprint density at radius 3 is 1.35 bits per heavy atom. The monoisotopic (exact) mass is 1310 g/mol. The van der Waals surface area contributed by atoms with Crippen molar-refractivity contribution in [3.05, 3.63) is 350 Å². The van der Waals surface area contributed by atoms with Crippen molar-refractivity contribution >= 4 is 137 Å². The summed E-state index contributed by atoms with van der Waals surface area (Å²) in [6.07, 6.45) is 4.67. The highest BCUT2D eigenvalue weighted by atomic mass is 32.1. The molecule has 1 fully saturated rings. The summed E-state index contributed by atoms with van der Waals surface area (Å²) in [5.41, 5.74) is 20.8. The summed E-state index contributed by atoms with van der Waals surface area (Å²) in [6.45, 7) is 0. The van der Waals surface area contributed by atoms with Gasteiger partial charge in [-0.25, -0.2) is 0 Å². The standard InChI is InChI=1S/C92H63N3O4S/c1-5-24-58(25-6-1)62-32-19-36-66(52-62)93(68-38-21-34-64(54-68)81-50-48-79(96-81)60-28-9-3-10-29-60)77-56-75-88(86-72-41-13-16-45-83(72)98-90(77)86)89-76(95(75)74-44-23-43-71-70-40-15-18-47-85(70)100-92(71)74)57-78(91-87(89)73-42-14-17-46-84(73)99-91)94(67-37-20-33-63(53-67)59-26-7-2-8-27-59)69-39-22-35-65(55-69)82-51-49-80(97-82)61-30-11-4-12-31-61/h1-47,50,52-57,79-80,82H,48-49,51H2. The number of nitrogens with zero attached hydrogens (tertiary/aromatic N) is 3. The van der Waals surface area contributed by atoms with E-state index in [2.05, 4.69) is 342 Å². The van der Waals surface area contributed by atoms with Crippen molar-refractivity contribution < 1.29 is 18.3 Å². The maximum Gasteiger partial charge on any atom is 0.160 e. The first-order chi connectivity index (χ1) is 49.6. The van der Waals surface area contributed by atoms with Gasteiger partial charge in [0.15, 0.2) is 11.2 Å². The number of benzene rings is 14. The molecule has 20 rings (SSSR count). The maximum atomic E-state index is 7.57. The van der Waals surface area contributed by atoms with Gasteiger partial charge in [-0.1, -0.05) is 237 Å². The molecular formula is C92H63N3O4S. The molecule has 7 nitrogen and oxygen atoms in total. The molecule has 476 valence electrons. The van der Waals surface area contributed by atoms with Crippen LogP contribution in [0, 0.1) is 0 Å². The van der Waals surface area contributed by atoms with Crippen LogP contribution in [0.1, 0.15) is 59.8 Å². The van der Waals surface area contributed by atoms with Crippen LogP contribution >= 0.6 is 11.3 Å². The largest absolute Gasteiger partial charge is 0.485 e. The van der Waals surface area contributed by atoms with Crippen molar-refractivity contribution in [2.75, 3.05) is 9.80 Å². The third kappa shape index (κ3) is 9.65. The Kier molecular flexibility index (Phi) is 13.8. The fraction of sp³-hybridized carbons (Fsp3) is 0.0652. The fourth-order valence-electron chi connectivity index (χ4n) is 16.0. The molecule has 6 heterocycles. The van der Waals surface area contributed by atoms with E-state index in [-0.39, 0.29) is 18.3 Å². The molecule has 3 unspecified atom stereocenters. The fourth-order valence-corrected chi connectivity index (χ4v) is 17.2. The molecule has 14 aromatic carbocycles. The minimum Gasteiger partial charge on any atom is -0.485 e. The van der Waals surface area contributed by atoms with Crippen molar-refractivity contribution in [3.8, 4) is 27.9 Å². The summed E-state index contributed by atoms with van der Waals surface area (Å²) in [5.74, 6) is 0.859. The Labute approximate surface area is 581 Å². The molecule has 0 spiro atoms. The van der Waals surface area contributed by atoms with Crippen LogP contribution in [-0.4, -0.2) is 4.57 Å². The van der Waals surface area contributed by atoms with Gasteiger partial charge in [-0.3, -0.25) is 0 Å². The van der Waals surface area contributed by atoms with Crippen molar-refractivity contribution in [1.29, 1.82) is 0 Å². The third-order valence-corrected chi connectivity index (χ3v) is 21.7. The molecule has 2 aliphatic heterocycles. The van der Waals surface area contributed by atoms with E-state index in [1.807, 2.05) is 11.3 Å². The number of furan rings is 2. The van der Waals surface area contributed by atoms with Crippen LogP contribution in [0.5, 0.6) is 0 Å². The molecule has 0 N–H and O–H groups in total. The lowest BCUT2D eigenvalue weighted by atomic mass is 9.98. The number of aromatic nitrogens is 1. The SMILES string of the molecule is C1=C(c2cccc(N(c3cccc(-c4ccccc4)c3)c3cc4c(c5c3oc3ccccc35)c3c5c(oc6ccccc65)c(N(c5cccc(-c6ccccc6)c5)c5cccc(C6CCC(c7ccccc7)O6)c5)cc3n4-c3cccc4c3sc3ccccc34)c2)OC(c2ccccc2)C1. The second-order valence-corrected chi connectivity index (χ2v) is 27.4. The van der Waals surface area contributed by atoms with Gasteiger partial charge in [0.05, 0.1) is 45.0 Å². The van der Waals surface area contributed by atoms with Crippen LogP contribution in [-0.2, 0) is 9.47 Å². The Morgan fingerprint density at radius 1 is 0.340 bits per heavy atom. The quantitative estimate of drug-likeness (QED) is 0.115. The summed E-state index contributed by atoms with van der Waals surface area (Å²) in [5, 5.41) is 8.60. The van der Waals surface area contributed by atoms with Crippen LogP contribution in [0.15, 0.2) is 336 Å². The Bertz CT molecular complexity index is 6250. The highest BCUT2D eigenvalue weighted by Gasteiger charge is 2.34. The van der Waals surface area contributed by atoms with E-state index >= 15 is 0 Å². The van der Waals surface area contributed by atoms with Crippen LogP contribution in [0.25, 0.3) is 120 Å². The van der Waals surface area contributed by atoms with Crippen LogP contribution in [0.2, 0.25) is 0 Å². The number of fused-ring (bicyclic) bond motifs is 14. The third-order valence-electron chi connectivity index (χ3n) is 20.5. The van der Waals surface area contributed by atoms with E-state index < -0.39 is 0 Å². The molecule has 100 heavy (non-hydrogen) atoms. The number of hydrogen-bond acceptors (Lipinski definition) is 7. The van der Waals surface area contributed by atoms with Gasteiger partial charge in [0.2, 0.25) is 0 Å². The predicted octanol–water partition coefficient (Wildman–Crippen LogP) is 26.3. The average Bonchev–Trinajstić information content (AvgIpc) is 1.52. The van der Waals surface area contributed by atoms with E-state index in [4.69, 9.17) is 18.3 Å². The van der Waals surface area contributed by atoms with Crippen LogP contribution in [0.3, 0.4) is 0 Å². The van der Waals surface area contributed by atoms with E-state index in [0.717, 1.165) is 169 Å². The molecule has 0 amide bonds. The minimum absolute atomic E-state index is 0.00639. The molecule has 0 saturated carbocycles. The van der Waals surface area contributed by atoms with Gasteiger partial charge in [0.25, 0.3) is 0 Å². The van der Waals surface area contributed by atoms with E-state index in [1.165, 1.54) is 25.7 Å². The number of hydrogen-bond donors (Lipinski definition) is 0. The van der Waals surface area contributed by atoms with Gasteiger partial charge in [-0.2, -0.15) is 0 Å². The summed E-state index contributed by atoms with van der Waals surface area (Å²) in [6, 6.07) is 116. The Hall–Kier alpha value is -12.2. The lowest BCUT2D eigenvalue weighted by molar-refractivity contribution is 0.0441. The van der Waals surface area contributed by atoms with E-state index in [0.29, 0.717) is 0 Å². The van der Waals surface area contributed by atoms with Gasteiger partial charge >= 0.3 is 0 Å². The number of ether oxygens (including phenoxy) is 2. The number of rotatable bonds is 13. The highest BCUT2D eigenvalue weighted by Crippen LogP contribution is 2.56.